The van der Waals surface area contributed by atoms with E-state index in [0.29, 0.717) is 17.9 Å². The Bertz CT molecular complexity index is 843. The van der Waals surface area contributed by atoms with Crippen LogP contribution in [-0.4, -0.2) is 69.7 Å². The van der Waals surface area contributed by atoms with Gasteiger partial charge in [-0.3, -0.25) is 29.4 Å². The molecule has 1 N–H and O–H groups in total. The molecule has 9 nitrogen and oxygen atoms in total. The number of benzene rings is 1. The quantitative estimate of drug-likeness (QED) is 0.531. The fourth-order valence-corrected chi connectivity index (χ4v) is 3.66. The van der Waals surface area contributed by atoms with Crippen LogP contribution in [0.4, 0.5) is 5.69 Å². The maximum Gasteiger partial charge on any atom is 0.312 e. The largest absolute Gasteiger partial charge is 0.353 e. The third-order valence-electron chi connectivity index (χ3n) is 5.28. The molecule has 0 bridgehead atoms. The number of rotatable bonds is 8. The first kappa shape index (κ1) is 20.9. The van der Waals surface area contributed by atoms with Crippen molar-refractivity contribution in [3.63, 3.8) is 0 Å². The van der Waals surface area contributed by atoms with Gasteiger partial charge in [0.25, 0.3) is 0 Å². The van der Waals surface area contributed by atoms with Gasteiger partial charge in [-0.05, 0) is 19.4 Å². The Hall–Kier alpha value is -2.78. The van der Waals surface area contributed by atoms with Gasteiger partial charge in [0, 0.05) is 45.8 Å². The molecule has 0 saturated carbocycles. The number of nitrogens with one attached hydrogen (secondary N) is 1. The van der Waals surface area contributed by atoms with Gasteiger partial charge >= 0.3 is 5.69 Å². The standard InChI is InChI=1S/C20H28N6O3/c1-16-20(26(28)29)17(2)25(22-16)15-19(27)21-8-9-23-10-12-24(13-11-23)14-18-6-4-3-5-7-18/h3-7H,8-15H2,1-2H3,(H,21,27). The molecule has 1 aliphatic heterocycles. The molecule has 0 unspecified atom stereocenters. The maximum absolute atomic E-state index is 12.2. The van der Waals surface area contributed by atoms with Crippen molar-refractivity contribution in [2.45, 2.75) is 26.9 Å². The lowest BCUT2D eigenvalue weighted by Gasteiger charge is -2.34. The highest BCUT2D eigenvalue weighted by Crippen LogP contribution is 2.21. The van der Waals surface area contributed by atoms with Gasteiger partial charge in [-0.1, -0.05) is 30.3 Å². The van der Waals surface area contributed by atoms with Gasteiger partial charge in [0.2, 0.25) is 5.91 Å². The number of nitro groups is 1. The first-order valence-corrected chi connectivity index (χ1v) is 9.88. The smallest absolute Gasteiger partial charge is 0.312 e. The minimum absolute atomic E-state index is 0.00856. The van der Waals surface area contributed by atoms with E-state index >= 15 is 0 Å². The summed E-state index contributed by atoms with van der Waals surface area (Å²) in [6.07, 6.45) is 0. The van der Waals surface area contributed by atoms with Gasteiger partial charge in [0.15, 0.2) is 0 Å². The van der Waals surface area contributed by atoms with Gasteiger partial charge in [-0.25, -0.2) is 0 Å². The molecule has 1 aromatic heterocycles. The second kappa shape index (κ2) is 9.62. The molecule has 1 amide bonds. The number of hydrogen-bond acceptors (Lipinski definition) is 6. The fourth-order valence-electron chi connectivity index (χ4n) is 3.66. The molecule has 2 heterocycles. The molecule has 0 radical (unpaired) electrons. The molecule has 1 fully saturated rings. The molecular weight excluding hydrogens is 372 g/mol. The van der Waals surface area contributed by atoms with Crippen molar-refractivity contribution >= 4 is 11.6 Å². The van der Waals surface area contributed by atoms with Gasteiger partial charge in [0.1, 0.15) is 17.9 Å². The lowest BCUT2D eigenvalue weighted by atomic mass is 10.2. The van der Waals surface area contributed by atoms with Crippen LogP contribution in [0.2, 0.25) is 0 Å². The Morgan fingerprint density at radius 2 is 1.79 bits per heavy atom. The summed E-state index contributed by atoms with van der Waals surface area (Å²) in [6, 6.07) is 10.5. The third-order valence-corrected chi connectivity index (χ3v) is 5.28. The molecule has 0 atom stereocenters. The van der Waals surface area contributed by atoms with E-state index in [9.17, 15) is 14.9 Å². The Labute approximate surface area is 170 Å². The van der Waals surface area contributed by atoms with Gasteiger partial charge in [-0.2, -0.15) is 5.10 Å². The topological polar surface area (TPSA) is 96.5 Å². The summed E-state index contributed by atoms with van der Waals surface area (Å²) in [5, 5.41) is 18.1. The van der Waals surface area contributed by atoms with E-state index in [1.807, 2.05) is 6.07 Å². The van der Waals surface area contributed by atoms with Crippen molar-refractivity contribution in [3.05, 3.63) is 57.4 Å². The summed E-state index contributed by atoms with van der Waals surface area (Å²) in [5.74, 6) is -0.187. The SMILES string of the molecule is Cc1nn(CC(=O)NCCN2CCN(Cc3ccccc3)CC2)c(C)c1[N+](=O)[O-]. The molecule has 0 aliphatic carbocycles. The second-order valence-electron chi connectivity index (χ2n) is 7.39. The fraction of sp³-hybridized carbons (Fsp3) is 0.500. The van der Waals surface area contributed by atoms with Gasteiger partial charge in [-0.15, -0.1) is 0 Å². The van der Waals surface area contributed by atoms with Gasteiger partial charge in [0.05, 0.1) is 4.92 Å². The number of piperazine rings is 1. The number of carbonyl (C=O) groups is 1. The van der Waals surface area contributed by atoms with Crippen LogP contribution in [0.25, 0.3) is 0 Å². The average Bonchev–Trinajstić information content (AvgIpc) is 2.97. The molecule has 1 saturated heterocycles. The average molecular weight is 400 g/mol. The summed E-state index contributed by atoms with van der Waals surface area (Å²) < 4.78 is 1.39. The van der Waals surface area contributed by atoms with Crippen molar-refractivity contribution in [1.82, 2.24) is 24.9 Å². The number of aromatic nitrogens is 2. The highest BCUT2D eigenvalue weighted by molar-refractivity contribution is 5.75. The summed E-state index contributed by atoms with van der Waals surface area (Å²) in [6.45, 7) is 9.49. The molecule has 29 heavy (non-hydrogen) atoms. The van der Waals surface area contributed by atoms with Crippen molar-refractivity contribution in [2.24, 2.45) is 0 Å². The number of amides is 1. The minimum atomic E-state index is -0.455. The predicted molar refractivity (Wildman–Crippen MR) is 110 cm³/mol. The zero-order valence-corrected chi connectivity index (χ0v) is 17.0. The zero-order valence-electron chi connectivity index (χ0n) is 17.0. The Morgan fingerprint density at radius 1 is 1.14 bits per heavy atom. The Kier molecular flexibility index (Phi) is 6.95. The lowest BCUT2D eigenvalue weighted by molar-refractivity contribution is -0.386. The van der Waals surface area contributed by atoms with E-state index in [1.54, 1.807) is 13.8 Å². The number of nitrogens with zero attached hydrogens (tertiary/aromatic N) is 5. The molecule has 3 rings (SSSR count). The van der Waals surface area contributed by atoms with E-state index < -0.39 is 4.92 Å². The first-order chi connectivity index (χ1) is 13.9. The zero-order chi connectivity index (χ0) is 20.8. The Morgan fingerprint density at radius 3 is 2.41 bits per heavy atom. The van der Waals surface area contributed by atoms with Crippen LogP contribution in [0, 0.1) is 24.0 Å². The third kappa shape index (κ3) is 5.61. The van der Waals surface area contributed by atoms with Crippen molar-refractivity contribution in [3.8, 4) is 0 Å². The summed E-state index contributed by atoms with van der Waals surface area (Å²) >= 11 is 0. The van der Waals surface area contributed by atoms with E-state index in [-0.39, 0.29) is 18.1 Å². The van der Waals surface area contributed by atoms with E-state index in [0.717, 1.165) is 39.3 Å². The number of carbonyl (C=O) groups excluding carboxylic acids is 1. The highest BCUT2D eigenvalue weighted by Gasteiger charge is 2.23. The van der Waals surface area contributed by atoms with Gasteiger partial charge < -0.3 is 5.32 Å². The van der Waals surface area contributed by atoms with Crippen LogP contribution in [0.5, 0.6) is 0 Å². The van der Waals surface area contributed by atoms with Crippen molar-refractivity contribution in [2.75, 3.05) is 39.3 Å². The lowest BCUT2D eigenvalue weighted by Crippen LogP contribution is -2.48. The van der Waals surface area contributed by atoms with Crippen LogP contribution < -0.4 is 5.32 Å². The Balaban J connectivity index is 1.37. The number of aryl methyl sites for hydroxylation is 1. The summed E-state index contributed by atoms with van der Waals surface area (Å²) in [4.78, 5) is 27.6. The molecule has 156 valence electrons. The van der Waals surface area contributed by atoms with E-state index in [4.69, 9.17) is 0 Å². The van der Waals surface area contributed by atoms with Crippen LogP contribution in [0.3, 0.4) is 0 Å². The predicted octanol–water partition coefficient (Wildman–Crippen LogP) is 1.34. The van der Waals surface area contributed by atoms with Crippen LogP contribution in [0.1, 0.15) is 17.0 Å². The van der Waals surface area contributed by atoms with E-state index in [1.165, 1.54) is 10.2 Å². The molecule has 9 heteroatoms. The second-order valence-corrected chi connectivity index (χ2v) is 7.39. The van der Waals surface area contributed by atoms with Crippen LogP contribution in [-0.2, 0) is 17.9 Å². The van der Waals surface area contributed by atoms with Crippen molar-refractivity contribution in [1.29, 1.82) is 0 Å². The maximum atomic E-state index is 12.2. The van der Waals surface area contributed by atoms with Crippen molar-refractivity contribution < 1.29 is 9.72 Å². The van der Waals surface area contributed by atoms with E-state index in [2.05, 4.69) is 44.5 Å². The monoisotopic (exact) mass is 400 g/mol. The number of hydrogen-bond donors (Lipinski definition) is 1. The highest BCUT2D eigenvalue weighted by atomic mass is 16.6. The van der Waals surface area contributed by atoms with Crippen LogP contribution >= 0.6 is 0 Å². The summed E-state index contributed by atoms with van der Waals surface area (Å²) in [5.41, 5.74) is 2.04. The molecule has 0 spiro atoms. The summed E-state index contributed by atoms with van der Waals surface area (Å²) in [7, 11) is 0. The normalized spacial score (nSPS) is 15.4. The molecular formula is C20H28N6O3. The first-order valence-electron chi connectivity index (χ1n) is 9.88. The minimum Gasteiger partial charge on any atom is -0.353 e. The molecule has 2 aromatic rings. The molecule has 1 aliphatic rings. The molecule has 1 aromatic carbocycles. The van der Waals surface area contributed by atoms with Crippen LogP contribution in [0.15, 0.2) is 30.3 Å².